The zero-order valence-corrected chi connectivity index (χ0v) is 12.5. The van der Waals surface area contributed by atoms with E-state index in [9.17, 15) is 14.4 Å². The van der Waals surface area contributed by atoms with Crippen molar-refractivity contribution in [3.05, 3.63) is 11.6 Å². The molecule has 0 radical (unpaired) electrons. The molecule has 1 saturated heterocycles. The molecule has 0 N–H and O–H groups in total. The lowest BCUT2D eigenvalue weighted by Crippen LogP contribution is -2.42. The van der Waals surface area contributed by atoms with Crippen molar-refractivity contribution in [1.29, 1.82) is 0 Å². The molecule has 5 heteroatoms. The van der Waals surface area contributed by atoms with Crippen LogP contribution in [-0.4, -0.2) is 28.9 Å². The molecule has 20 heavy (non-hydrogen) atoms. The molecule has 0 amide bonds. The average molecular weight is 280 g/mol. The van der Waals surface area contributed by atoms with Crippen molar-refractivity contribution in [3.8, 4) is 0 Å². The molecule has 1 fully saturated rings. The molecule has 1 aliphatic carbocycles. The van der Waals surface area contributed by atoms with Crippen LogP contribution in [-0.2, 0) is 23.9 Å². The minimum absolute atomic E-state index is 0.0863. The number of carbonyl (C=O) groups excluding carboxylic acids is 3. The Bertz CT molecular complexity index is 511. The van der Waals surface area contributed by atoms with Gasteiger partial charge < -0.3 is 9.47 Å². The third-order valence-electron chi connectivity index (χ3n) is 3.92. The van der Waals surface area contributed by atoms with Crippen molar-refractivity contribution < 1.29 is 23.9 Å². The second-order valence-electron chi connectivity index (χ2n) is 6.64. The van der Waals surface area contributed by atoms with Gasteiger partial charge >= 0.3 is 11.9 Å². The van der Waals surface area contributed by atoms with E-state index in [1.807, 2.05) is 0 Å². The Morgan fingerprint density at radius 3 is 2.55 bits per heavy atom. The van der Waals surface area contributed by atoms with Gasteiger partial charge in [-0.1, -0.05) is 0 Å². The standard InChI is InChI=1S/C15H20O5/c1-8-6-9(16)7-10-11(12(17)19-14(2,3)4)13(18)20-15(8,10)5/h6,10-11H,7H2,1-5H3/t10-,11+,15-/m1/s1. The molecule has 1 aliphatic heterocycles. The fourth-order valence-corrected chi connectivity index (χ4v) is 2.80. The van der Waals surface area contributed by atoms with Gasteiger partial charge in [0.1, 0.15) is 11.2 Å². The zero-order chi connectivity index (χ0) is 15.3. The topological polar surface area (TPSA) is 69.7 Å². The van der Waals surface area contributed by atoms with Gasteiger partial charge in [-0.05, 0) is 46.3 Å². The summed E-state index contributed by atoms with van der Waals surface area (Å²) in [6.45, 7) is 8.71. The maximum Gasteiger partial charge on any atom is 0.321 e. The predicted octanol–water partition coefficient (Wildman–Crippen LogP) is 1.80. The molecule has 5 nitrogen and oxygen atoms in total. The molecule has 1 heterocycles. The summed E-state index contributed by atoms with van der Waals surface area (Å²) >= 11 is 0. The van der Waals surface area contributed by atoms with Crippen LogP contribution in [0.2, 0.25) is 0 Å². The van der Waals surface area contributed by atoms with Crippen molar-refractivity contribution in [2.24, 2.45) is 11.8 Å². The average Bonchev–Trinajstić information content (AvgIpc) is 2.48. The Balaban J connectivity index is 2.33. The Kier molecular flexibility index (Phi) is 3.27. The Morgan fingerprint density at radius 2 is 2.00 bits per heavy atom. The summed E-state index contributed by atoms with van der Waals surface area (Å²) in [5.74, 6) is -2.81. The molecule has 0 aromatic carbocycles. The highest BCUT2D eigenvalue weighted by Crippen LogP contribution is 2.47. The van der Waals surface area contributed by atoms with Crippen LogP contribution >= 0.6 is 0 Å². The van der Waals surface area contributed by atoms with E-state index in [-0.39, 0.29) is 12.2 Å². The van der Waals surface area contributed by atoms with Gasteiger partial charge in [0.2, 0.25) is 0 Å². The van der Waals surface area contributed by atoms with Crippen molar-refractivity contribution in [2.75, 3.05) is 0 Å². The number of ether oxygens (including phenoxy) is 2. The van der Waals surface area contributed by atoms with Gasteiger partial charge in [0.25, 0.3) is 0 Å². The lowest BCUT2D eigenvalue weighted by molar-refractivity contribution is -0.165. The zero-order valence-electron chi connectivity index (χ0n) is 12.5. The highest BCUT2D eigenvalue weighted by atomic mass is 16.6. The number of hydrogen-bond acceptors (Lipinski definition) is 5. The lowest BCUT2D eigenvalue weighted by Gasteiger charge is -2.34. The predicted molar refractivity (Wildman–Crippen MR) is 70.7 cm³/mol. The molecule has 2 aliphatic rings. The van der Waals surface area contributed by atoms with Crippen LogP contribution in [0.15, 0.2) is 11.6 Å². The van der Waals surface area contributed by atoms with Crippen LogP contribution in [0.5, 0.6) is 0 Å². The summed E-state index contributed by atoms with van der Waals surface area (Å²) in [6, 6.07) is 0. The third kappa shape index (κ3) is 2.37. The summed E-state index contributed by atoms with van der Waals surface area (Å²) in [7, 11) is 0. The summed E-state index contributed by atoms with van der Waals surface area (Å²) in [5.41, 5.74) is -0.884. The second kappa shape index (κ2) is 4.43. The van der Waals surface area contributed by atoms with Crippen LogP contribution in [0, 0.1) is 11.8 Å². The summed E-state index contributed by atoms with van der Waals surface area (Å²) in [5, 5.41) is 0. The number of carbonyl (C=O) groups is 3. The number of hydrogen-bond donors (Lipinski definition) is 0. The molecule has 0 unspecified atom stereocenters. The molecule has 2 rings (SSSR count). The van der Waals surface area contributed by atoms with Gasteiger partial charge in [-0.3, -0.25) is 14.4 Å². The molecule has 0 spiro atoms. The van der Waals surface area contributed by atoms with E-state index in [1.165, 1.54) is 6.08 Å². The van der Waals surface area contributed by atoms with Crippen LogP contribution in [0.3, 0.4) is 0 Å². The van der Waals surface area contributed by atoms with Gasteiger partial charge in [0, 0.05) is 12.3 Å². The van der Waals surface area contributed by atoms with Crippen molar-refractivity contribution in [3.63, 3.8) is 0 Å². The first-order valence-electron chi connectivity index (χ1n) is 6.72. The normalized spacial score (nSPS) is 33.4. The Labute approximate surface area is 118 Å². The molecule has 0 saturated carbocycles. The highest BCUT2D eigenvalue weighted by Gasteiger charge is 2.59. The molecule has 0 aromatic rings. The van der Waals surface area contributed by atoms with Crippen LogP contribution in [0.1, 0.15) is 41.0 Å². The maximum absolute atomic E-state index is 12.2. The monoisotopic (exact) mass is 280 g/mol. The molecule has 3 atom stereocenters. The van der Waals surface area contributed by atoms with E-state index in [0.717, 1.165) is 0 Å². The maximum atomic E-state index is 12.2. The Hall–Kier alpha value is -1.65. The molecular formula is C15H20O5. The fraction of sp³-hybridized carbons (Fsp3) is 0.667. The molecule has 110 valence electrons. The smallest absolute Gasteiger partial charge is 0.321 e. The van der Waals surface area contributed by atoms with Gasteiger partial charge in [0.05, 0.1) is 0 Å². The van der Waals surface area contributed by atoms with E-state index >= 15 is 0 Å². The first-order valence-corrected chi connectivity index (χ1v) is 6.72. The van der Waals surface area contributed by atoms with Gasteiger partial charge in [0.15, 0.2) is 11.7 Å². The van der Waals surface area contributed by atoms with Gasteiger partial charge in [-0.2, -0.15) is 0 Å². The minimum Gasteiger partial charge on any atom is -0.459 e. The quantitative estimate of drug-likeness (QED) is 0.541. The number of ketones is 1. The third-order valence-corrected chi connectivity index (χ3v) is 3.92. The fourth-order valence-electron chi connectivity index (χ4n) is 2.80. The van der Waals surface area contributed by atoms with Crippen molar-refractivity contribution in [2.45, 2.75) is 52.2 Å². The SMILES string of the molecule is CC1=CC(=O)C[C@@H]2[C@@H](C(=O)OC(C)(C)C)C(=O)O[C@]12C. The summed E-state index contributed by atoms with van der Waals surface area (Å²) < 4.78 is 10.7. The molecular weight excluding hydrogens is 260 g/mol. The van der Waals surface area contributed by atoms with Crippen molar-refractivity contribution in [1.82, 2.24) is 0 Å². The van der Waals surface area contributed by atoms with Crippen LogP contribution in [0.25, 0.3) is 0 Å². The van der Waals surface area contributed by atoms with Crippen LogP contribution < -0.4 is 0 Å². The largest absolute Gasteiger partial charge is 0.459 e. The summed E-state index contributed by atoms with van der Waals surface area (Å²) in [4.78, 5) is 36.0. The first-order chi connectivity index (χ1) is 9.04. The number of fused-ring (bicyclic) bond motifs is 1. The lowest BCUT2D eigenvalue weighted by atomic mass is 9.71. The number of allylic oxidation sites excluding steroid dienone is 1. The highest BCUT2D eigenvalue weighted by molar-refractivity contribution is 6.01. The summed E-state index contributed by atoms with van der Waals surface area (Å²) in [6.07, 6.45) is 1.62. The van der Waals surface area contributed by atoms with Crippen LogP contribution in [0.4, 0.5) is 0 Å². The molecule has 0 bridgehead atoms. The van der Waals surface area contributed by atoms with Gasteiger partial charge in [-0.25, -0.2) is 0 Å². The minimum atomic E-state index is -1.02. The van der Waals surface area contributed by atoms with E-state index < -0.39 is 35.0 Å². The van der Waals surface area contributed by atoms with Gasteiger partial charge in [-0.15, -0.1) is 0 Å². The number of esters is 2. The van der Waals surface area contributed by atoms with E-state index in [2.05, 4.69) is 0 Å². The van der Waals surface area contributed by atoms with E-state index in [1.54, 1.807) is 34.6 Å². The van der Waals surface area contributed by atoms with Crippen molar-refractivity contribution >= 4 is 17.7 Å². The molecule has 0 aromatic heterocycles. The Morgan fingerprint density at radius 1 is 1.40 bits per heavy atom. The number of rotatable bonds is 1. The second-order valence-corrected chi connectivity index (χ2v) is 6.64. The van der Waals surface area contributed by atoms with E-state index in [0.29, 0.717) is 5.57 Å². The first kappa shape index (κ1) is 14.8. The van der Waals surface area contributed by atoms with E-state index in [4.69, 9.17) is 9.47 Å².